The second-order valence-electron chi connectivity index (χ2n) is 9.77. The summed E-state index contributed by atoms with van der Waals surface area (Å²) in [7, 11) is 0. The van der Waals surface area contributed by atoms with Crippen LogP contribution in [0.1, 0.15) is 43.9 Å². The van der Waals surface area contributed by atoms with Gasteiger partial charge in [0.05, 0.1) is 25.6 Å². The van der Waals surface area contributed by atoms with Gasteiger partial charge in [-0.15, -0.1) is 11.8 Å². The molecule has 0 spiro atoms. The third-order valence-corrected chi connectivity index (χ3v) is 7.11. The molecule has 0 bridgehead atoms. The fraction of sp³-hybridized carbons (Fsp3) is 0.444. The maximum Gasteiger partial charge on any atom is 0.187 e. The number of aromatic nitrogens is 2. The summed E-state index contributed by atoms with van der Waals surface area (Å²) in [5, 5.41) is 0. The molecule has 0 aliphatic carbocycles. The number of nitrogens with zero attached hydrogens (tertiary/aromatic N) is 2. The predicted molar refractivity (Wildman–Crippen MR) is 131 cm³/mol. The van der Waals surface area contributed by atoms with Crippen LogP contribution in [0.5, 0.6) is 0 Å². The number of imidazole rings is 1. The van der Waals surface area contributed by atoms with Gasteiger partial charge >= 0.3 is 0 Å². The lowest BCUT2D eigenvalue weighted by atomic mass is 9.87. The van der Waals surface area contributed by atoms with Gasteiger partial charge in [0.2, 0.25) is 0 Å². The van der Waals surface area contributed by atoms with Crippen molar-refractivity contribution in [2.45, 2.75) is 69.3 Å². The number of hydrogen-bond donors (Lipinski definition) is 0. The molecule has 4 nitrogen and oxygen atoms in total. The van der Waals surface area contributed by atoms with Gasteiger partial charge < -0.3 is 14.0 Å². The van der Waals surface area contributed by atoms with E-state index in [-0.39, 0.29) is 11.5 Å². The summed E-state index contributed by atoms with van der Waals surface area (Å²) in [4.78, 5) is 5.46. The summed E-state index contributed by atoms with van der Waals surface area (Å²) in [6.45, 7) is 10.1. The van der Waals surface area contributed by atoms with E-state index >= 15 is 0 Å². The largest absolute Gasteiger partial charge is 0.345 e. The summed E-state index contributed by atoms with van der Waals surface area (Å²) in [5.74, 6) is 0.262. The van der Waals surface area contributed by atoms with Gasteiger partial charge in [0.1, 0.15) is 0 Å². The highest BCUT2D eigenvalue weighted by Gasteiger charge is 2.41. The smallest absolute Gasteiger partial charge is 0.187 e. The van der Waals surface area contributed by atoms with Gasteiger partial charge in [-0.05, 0) is 42.0 Å². The average molecular weight is 451 g/mol. The quantitative estimate of drug-likeness (QED) is 0.393. The fourth-order valence-electron chi connectivity index (χ4n) is 3.98. The standard InChI is InChI=1S/C27H34N2O2S/c1-21-5-7-22(8-6-21)13-14-27(19-29-16-15-28-20-29)30-17-24(31-27)18-32-25-11-9-23(10-12-25)26(2,3)4/h5-12,15-16,20,24H,13-14,17-19H2,1-4H3. The minimum Gasteiger partial charge on any atom is -0.345 e. The maximum absolute atomic E-state index is 6.58. The molecule has 2 atom stereocenters. The Balaban J connectivity index is 1.38. The summed E-state index contributed by atoms with van der Waals surface area (Å²) < 4.78 is 15.0. The molecule has 3 aromatic rings. The Morgan fingerprint density at radius 3 is 2.50 bits per heavy atom. The maximum atomic E-state index is 6.58. The van der Waals surface area contributed by atoms with Crippen molar-refractivity contribution in [1.82, 2.24) is 9.55 Å². The Bertz CT molecular complexity index is 978. The van der Waals surface area contributed by atoms with Crippen molar-refractivity contribution in [2.75, 3.05) is 12.4 Å². The molecule has 1 aliphatic rings. The van der Waals surface area contributed by atoms with Crippen molar-refractivity contribution < 1.29 is 9.47 Å². The van der Waals surface area contributed by atoms with Crippen LogP contribution in [0.4, 0.5) is 0 Å². The molecular formula is C27H34N2O2S. The Kier molecular flexibility index (Phi) is 7.08. The van der Waals surface area contributed by atoms with E-state index in [1.165, 1.54) is 21.6 Å². The molecule has 2 aromatic carbocycles. The van der Waals surface area contributed by atoms with Gasteiger partial charge in [-0.25, -0.2) is 4.98 Å². The molecule has 1 aromatic heterocycles. The molecule has 5 heteroatoms. The van der Waals surface area contributed by atoms with Crippen molar-refractivity contribution in [2.24, 2.45) is 0 Å². The van der Waals surface area contributed by atoms with Gasteiger partial charge in [-0.3, -0.25) is 0 Å². The van der Waals surface area contributed by atoms with E-state index in [0.29, 0.717) is 13.2 Å². The van der Waals surface area contributed by atoms with Crippen molar-refractivity contribution in [3.8, 4) is 0 Å². The van der Waals surface area contributed by atoms with Crippen LogP contribution in [0.25, 0.3) is 0 Å². The first-order valence-electron chi connectivity index (χ1n) is 11.4. The van der Waals surface area contributed by atoms with E-state index in [4.69, 9.17) is 9.47 Å². The Morgan fingerprint density at radius 2 is 1.84 bits per heavy atom. The van der Waals surface area contributed by atoms with E-state index in [9.17, 15) is 0 Å². The normalized spacial score (nSPS) is 21.2. The second kappa shape index (κ2) is 9.82. The SMILES string of the molecule is Cc1ccc(CCC2(Cn3ccnc3)OCC(CSc3ccc(C(C)(C)C)cc3)O2)cc1. The third kappa shape index (κ3) is 6.03. The number of ether oxygens (including phenoxy) is 2. The van der Waals surface area contributed by atoms with Crippen LogP contribution in [0.2, 0.25) is 0 Å². The summed E-state index contributed by atoms with van der Waals surface area (Å²) in [5.41, 5.74) is 4.13. The average Bonchev–Trinajstić information content (AvgIpc) is 3.42. The molecule has 2 heterocycles. The highest BCUT2D eigenvalue weighted by molar-refractivity contribution is 7.99. The first kappa shape index (κ1) is 23.1. The van der Waals surface area contributed by atoms with Crippen LogP contribution in [0.15, 0.2) is 72.1 Å². The minimum atomic E-state index is -0.618. The Morgan fingerprint density at radius 1 is 1.09 bits per heavy atom. The van der Waals surface area contributed by atoms with Gasteiger partial charge in [0.25, 0.3) is 0 Å². The van der Waals surface area contributed by atoms with Crippen LogP contribution in [0.3, 0.4) is 0 Å². The Labute approximate surface area is 196 Å². The summed E-state index contributed by atoms with van der Waals surface area (Å²) in [6, 6.07) is 17.6. The summed E-state index contributed by atoms with van der Waals surface area (Å²) >= 11 is 1.84. The molecule has 32 heavy (non-hydrogen) atoms. The van der Waals surface area contributed by atoms with Gasteiger partial charge in [0, 0.05) is 29.5 Å². The van der Waals surface area contributed by atoms with Crippen LogP contribution in [0, 0.1) is 6.92 Å². The highest BCUT2D eigenvalue weighted by atomic mass is 32.2. The molecule has 1 saturated heterocycles. The zero-order chi connectivity index (χ0) is 22.6. The van der Waals surface area contributed by atoms with E-state index in [2.05, 4.69) is 85.8 Å². The van der Waals surface area contributed by atoms with Crippen molar-refractivity contribution >= 4 is 11.8 Å². The van der Waals surface area contributed by atoms with Crippen LogP contribution in [-0.4, -0.2) is 33.8 Å². The molecule has 0 saturated carbocycles. The molecule has 0 N–H and O–H groups in total. The number of benzene rings is 2. The molecule has 1 fully saturated rings. The van der Waals surface area contributed by atoms with E-state index < -0.39 is 5.79 Å². The first-order chi connectivity index (χ1) is 15.3. The van der Waals surface area contributed by atoms with Crippen molar-refractivity contribution in [3.63, 3.8) is 0 Å². The number of rotatable bonds is 8. The number of aryl methyl sites for hydroxylation is 2. The van der Waals surface area contributed by atoms with Crippen LogP contribution < -0.4 is 0 Å². The van der Waals surface area contributed by atoms with E-state index in [1.807, 2.05) is 24.3 Å². The Hall–Kier alpha value is -2.08. The van der Waals surface area contributed by atoms with E-state index in [1.54, 1.807) is 6.20 Å². The highest BCUT2D eigenvalue weighted by Crippen LogP contribution is 2.34. The zero-order valence-electron chi connectivity index (χ0n) is 19.6. The number of hydrogen-bond acceptors (Lipinski definition) is 4. The predicted octanol–water partition coefficient (Wildman–Crippen LogP) is 6.03. The van der Waals surface area contributed by atoms with Crippen LogP contribution in [-0.2, 0) is 27.9 Å². The van der Waals surface area contributed by atoms with Crippen LogP contribution >= 0.6 is 11.8 Å². The van der Waals surface area contributed by atoms with Gasteiger partial charge in [-0.1, -0.05) is 62.7 Å². The first-order valence-corrected chi connectivity index (χ1v) is 12.4. The fourth-order valence-corrected chi connectivity index (χ4v) is 4.85. The van der Waals surface area contributed by atoms with Gasteiger partial charge in [-0.2, -0.15) is 0 Å². The lowest BCUT2D eigenvalue weighted by Crippen LogP contribution is -2.37. The third-order valence-electron chi connectivity index (χ3n) is 5.97. The zero-order valence-corrected chi connectivity index (χ0v) is 20.4. The topological polar surface area (TPSA) is 36.3 Å². The minimum absolute atomic E-state index is 0.0730. The van der Waals surface area contributed by atoms with Crippen molar-refractivity contribution in [1.29, 1.82) is 0 Å². The summed E-state index contributed by atoms with van der Waals surface area (Å²) in [6.07, 6.45) is 7.41. The monoisotopic (exact) mass is 450 g/mol. The van der Waals surface area contributed by atoms with Gasteiger partial charge in [0.15, 0.2) is 5.79 Å². The molecule has 170 valence electrons. The molecular weight excluding hydrogens is 416 g/mol. The molecule has 0 amide bonds. The lowest BCUT2D eigenvalue weighted by molar-refractivity contribution is -0.180. The molecule has 2 unspecified atom stereocenters. The second-order valence-corrected chi connectivity index (χ2v) is 10.9. The molecule has 1 aliphatic heterocycles. The molecule has 0 radical (unpaired) electrons. The number of thioether (sulfide) groups is 1. The van der Waals surface area contributed by atoms with Crippen molar-refractivity contribution in [3.05, 3.63) is 83.9 Å². The lowest BCUT2D eigenvalue weighted by Gasteiger charge is -2.28. The van der Waals surface area contributed by atoms with E-state index in [0.717, 1.165) is 18.6 Å². The molecule has 4 rings (SSSR count).